The first-order chi connectivity index (χ1) is 14.1. The highest BCUT2D eigenvalue weighted by atomic mass is 16.5. The number of carbonyl (C=O) groups excluding carboxylic acids is 1. The third-order valence-corrected chi connectivity index (χ3v) is 4.50. The molecule has 3 rings (SSSR count). The van der Waals surface area contributed by atoms with Gasteiger partial charge in [0.25, 0.3) is 5.91 Å². The van der Waals surface area contributed by atoms with Crippen LogP contribution < -0.4 is 20.1 Å². The number of carbonyl (C=O) groups is 1. The minimum absolute atomic E-state index is 0.213. The second kappa shape index (κ2) is 9.59. The second-order valence-electron chi connectivity index (χ2n) is 6.61. The van der Waals surface area contributed by atoms with Gasteiger partial charge in [0.1, 0.15) is 17.3 Å². The molecule has 0 aliphatic carbocycles. The van der Waals surface area contributed by atoms with E-state index in [1.807, 2.05) is 49.4 Å². The zero-order valence-corrected chi connectivity index (χ0v) is 16.9. The summed E-state index contributed by atoms with van der Waals surface area (Å²) in [6.45, 7) is 2.67. The number of benzene rings is 2. The molecule has 0 saturated heterocycles. The van der Waals surface area contributed by atoms with E-state index in [4.69, 9.17) is 9.47 Å². The van der Waals surface area contributed by atoms with Crippen molar-refractivity contribution in [1.29, 1.82) is 0 Å². The van der Waals surface area contributed by atoms with Crippen LogP contribution in [0.3, 0.4) is 0 Å². The van der Waals surface area contributed by atoms with E-state index in [2.05, 4.69) is 15.6 Å². The van der Waals surface area contributed by atoms with Crippen molar-refractivity contribution < 1.29 is 14.3 Å². The average molecular weight is 391 g/mol. The van der Waals surface area contributed by atoms with Gasteiger partial charge in [0.05, 0.1) is 19.9 Å². The van der Waals surface area contributed by atoms with Gasteiger partial charge in [0, 0.05) is 18.3 Å². The number of methoxy groups -OCH3 is 2. The van der Waals surface area contributed by atoms with Crippen molar-refractivity contribution in [2.75, 3.05) is 31.4 Å². The molecule has 3 aromatic rings. The van der Waals surface area contributed by atoms with Crippen molar-refractivity contribution in [3.8, 4) is 11.5 Å². The van der Waals surface area contributed by atoms with Crippen LogP contribution in [0, 0.1) is 6.92 Å². The summed E-state index contributed by atoms with van der Waals surface area (Å²) in [7, 11) is 3.23. The minimum Gasteiger partial charge on any atom is -0.497 e. The lowest BCUT2D eigenvalue weighted by atomic mass is 10.1. The number of nitrogens with zero attached hydrogens (tertiary/aromatic N) is 1. The van der Waals surface area contributed by atoms with Crippen LogP contribution in [0.25, 0.3) is 0 Å². The molecule has 6 heteroatoms. The van der Waals surface area contributed by atoms with Gasteiger partial charge < -0.3 is 20.1 Å². The number of anilines is 2. The Kier molecular flexibility index (Phi) is 6.68. The Bertz CT molecular complexity index is 971. The van der Waals surface area contributed by atoms with Crippen LogP contribution in [0.1, 0.15) is 21.5 Å². The molecule has 0 atom stereocenters. The van der Waals surface area contributed by atoms with E-state index in [9.17, 15) is 4.79 Å². The van der Waals surface area contributed by atoms with Crippen LogP contribution in [0.5, 0.6) is 11.5 Å². The number of aryl methyl sites for hydroxylation is 1. The second-order valence-corrected chi connectivity index (χ2v) is 6.61. The molecule has 6 nitrogen and oxygen atoms in total. The number of ether oxygens (including phenoxy) is 2. The van der Waals surface area contributed by atoms with Gasteiger partial charge in [-0.1, -0.05) is 18.2 Å². The Morgan fingerprint density at radius 3 is 2.52 bits per heavy atom. The molecule has 1 amide bonds. The smallest absolute Gasteiger partial charge is 0.255 e. The standard InChI is InChI=1S/C23H25N3O3/c1-16-4-9-21(29-3)20(14-16)26-23(27)18-11-13-25-22(15-18)24-12-10-17-5-7-19(28-2)8-6-17/h4-9,11,13-15H,10,12H2,1-3H3,(H,24,25)(H,26,27). The van der Waals surface area contributed by atoms with Gasteiger partial charge in [-0.2, -0.15) is 0 Å². The lowest BCUT2D eigenvalue weighted by Crippen LogP contribution is -2.14. The third kappa shape index (κ3) is 5.48. The number of rotatable bonds is 8. The molecular weight excluding hydrogens is 366 g/mol. The average Bonchev–Trinajstić information content (AvgIpc) is 2.74. The highest BCUT2D eigenvalue weighted by Gasteiger charge is 2.11. The van der Waals surface area contributed by atoms with E-state index in [0.717, 1.165) is 17.7 Å². The molecule has 2 N–H and O–H groups in total. The Morgan fingerprint density at radius 1 is 1.00 bits per heavy atom. The minimum atomic E-state index is -0.213. The van der Waals surface area contributed by atoms with E-state index in [1.54, 1.807) is 32.5 Å². The summed E-state index contributed by atoms with van der Waals surface area (Å²) in [4.78, 5) is 17.0. The number of amides is 1. The first kappa shape index (κ1) is 20.2. The zero-order valence-electron chi connectivity index (χ0n) is 16.9. The maximum absolute atomic E-state index is 12.7. The highest BCUT2D eigenvalue weighted by Crippen LogP contribution is 2.26. The Balaban J connectivity index is 1.61. The van der Waals surface area contributed by atoms with Crippen molar-refractivity contribution >= 4 is 17.4 Å². The van der Waals surface area contributed by atoms with Gasteiger partial charge in [-0.05, 0) is 60.9 Å². The molecule has 0 aliphatic heterocycles. The summed E-state index contributed by atoms with van der Waals surface area (Å²) in [5.41, 5.74) is 3.40. The fourth-order valence-electron chi connectivity index (χ4n) is 2.91. The number of hydrogen-bond acceptors (Lipinski definition) is 5. The van der Waals surface area contributed by atoms with Crippen molar-refractivity contribution in [2.45, 2.75) is 13.3 Å². The molecule has 29 heavy (non-hydrogen) atoms. The van der Waals surface area contributed by atoms with E-state index < -0.39 is 0 Å². The predicted octanol–water partition coefficient (Wildman–Crippen LogP) is 4.31. The molecular formula is C23H25N3O3. The normalized spacial score (nSPS) is 10.3. The van der Waals surface area contributed by atoms with E-state index in [-0.39, 0.29) is 5.91 Å². The maximum Gasteiger partial charge on any atom is 0.255 e. The molecule has 0 fully saturated rings. The van der Waals surface area contributed by atoms with Gasteiger partial charge in [-0.25, -0.2) is 4.98 Å². The molecule has 0 aliphatic rings. The summed E-state index contributed by atoms with van der Waals surface area (Å²) in [5, 5.41) is 6.17. The van der Waals surface area contributed by atoms with Crippen LogP contribution in [-0.4, -0.2) is 31.7 Å². The van der Waals surface area contributed by atoms with Crippen LogP contribution in [0.4, 0.5) is 11.5 Å². The number of pyridine rings is 1. The lowest BCUT2D eigenvalue weighted by molar-refractivity contribution is 0.102. The van der Waals surface area contributed by atoms with Crippen LogP contribution in [0.15, 0.2) is 60.8 Å². The van der Waals surface area contributed by atoms with Crippen LogP contribution in [0.2, 0.25) is 0 Å². The van der Waals surface area contributed by atoms with Gasteiger partial charge in [-0.3, -0.25) is 4.79 Å². The lowest BCUT2D eigenvalue weighted by Gasteiger charge is -2.12. The first-order valence-electron chi connectivity index (χ1n) is 9.38. The third-order valence-electron chi connectivity index (χ3n) is 4.50. The Morgan fingerprint density at radius 2 is 1.79 bits per heavy atom. The van der Waals surface area contributed by atoms with Crippen LogP contribution in [-0.2, 0) is 6.42 Å². The molecule has 0 bridgehead atoms. The van der Waals surface area contributed by atoms with Crippen molar-refractivity contribution in [3.05, 3.63) is 77.5 Å². The molecule has 0 unspecified atom stereocenters. The van der Waals surface area contributed by atoms with Gasteiger partial charge >= 0.3 is 0 Å². The molecule has 2 aromatic carbocycles. The van der Waals surface area contributed by atoms with Crippen molar-refractivity contribution in [1.82, 2.24) is 4.98 Å². The van der Waals surface area contributed by atoms with E-state index >= 15 is 0 Å². The van der Waals surface area contributed by atoms with Crippen molar-refractivity contribution in [2.24, 2.45) is 0 Å². The van der Waals surface area contributed by atoms with Crippen molar-refractivity contribution in [3.63, 3.8) is 0 Å². The quantitative estimate of drug-likeness (QED) is 0.598. The van der Waals surface area contributed by atoms with E-state index in [1.165, 1.54) is 5.56 Å². The summed E-state index contributed by atoms with van der Waals surface area (Å²) >= 11 is 0. The van der Waals surface area contributed by atoms with Crippen LogP contribution >= 0.6 is 0 Å². The van der Waals surface area contributed by atoms with Gasteiger partial charge in [0.2, 0.25) is 0 Å². The first-order valence-corrected chi connectivity index (χ1v) is 9.38. The fourth-order valence-corrected chi connectivity index (χ4v) is 2.91. The SMILES string of the molecule is COc1ccc(CCNc2cc(C(=O)Nc3cc(C)ccc3OC)ccn2)cc1. The summed E-state index contributed by atoms with van der Waals surface area (Å²) in [5.74, 6) is 1.90. The molecule has 0 spiro atoms. The van der Waals surface area contributed by atoms with Gasteiger partial charge in [0.15, 0.2) is 0 Å². The molecule has 1 heterocycles. The zero-order chi connectivity index (χ0) is 20.6. The summed E-state index contributed by atoms with van der Waals surface area (Å²) in [6.07, 6.45) is 2.46. The summed E-state index contributed by atoms with van der Waals surface area (Å²) in [6, 6.07) is 17.0. The molecule has 1 aromatic heterocycles. The van der Waals surface area contributed by atoms with E-state index in [0.29, 0.717) is 29.4 Å². The number of hydrogen-bond donors (Lipinski definition) is 2. The van der Waals surface area contributed by atoms with Gasteiger partial charge in [-0.15, -0.1) is 0 Å². The fraction of sp³-hybridized carbons (Fsp3) is 0.217. The topological polar surface area (TPSA) is 72.5 Å². The predicted molar refractivity (Wildman–Crippen MR) is 115 cm³/mol. The monoisotopic (exact) mass is 391 g/mol. The number of nitrogens with one attached hydrogen (secondary N) is 2. The Hall–Kier alpha value is -3.54. The molecule has 0 radical (unpaired) electrons. The molecule has 150 valence electrons. The Labute approximate surface area is 170 Å². The largest absolute Gasteiger partial charge is 0.497 e. The maximum atomic E-state index is 12.7. The summed E-state index contributed by atoms with van der Waals surface area (Å²) < 4.78 is 10.5. The number of aromatic nitrogens is 1. The highest BCUT2D eigenvalue weighted by molar-refractivity contribution is 6.05. The molecule has 0 saturated carbocycles.